The Hall–Kier alpha value is -1.27. The Kier molecular flexibility index (Phi) is 3.86. The van der Waals surface area contributed by atoms with Gasteiger partial charge in [-0.25, -0.2) is 4.98 Å². The Bertz CT molecular complexity index is 513. The molecule has 2 rings (SSSR count). The summed E-state index contributed by atoms with van der Waals surface area (Å²) in [5.41, 5.74) is 0.839. The lowest BCUT2D eigenvalue weighted by Gasteiger charge is -2.05. The SMILES string of the molecule is CNc1ccc(Cl)c(CSc2nncn2C)n1. The fraction of sp³-hybridized carbons (Fsp3) is 0.300. The normalized spacial score (nSPS) is 10.5. The van der Waals surface area contributed by atoms with Crippen molar-refractivity contribution in [2.24, 2.45) is 7.05 Å². The fourth-order valence-corrected chi connectivity index (χ4v) is 2.35. The van der Waals surface area contributed by atoms with Crippen LogP contribution in [-0.4, -0.2) is 26.8 Å². The van der Waals surface area contributed by atoms with Gasteiger partial charge >= 0.3 is 0 Å². The van der Waals surface area contributed by atoms with Crippen molar-refractivity contribution in [3.05, 3.63) is 29.2 Å². The van der Waals surface area contributed by atoms with E-state index in [9.17, 15) is 0 Å². The van der Waals surface area contributed by atoms with Gasteiger partial charge in [0.05, 0.1) is 10.7 Å². The second-order valence-corrected chi connectivity index (χ2v) is 4.74. The van der Waals surface area contributed by atoms with Crippen molar-refractivity contribution >= 4 is 29.2 Å². The van der Waals surface area contributed by atoms with Crippen molar-refractivity contribution in [2.75, 3.05) is 12.4 Å². The van der Waals surface area contributed by atoms with Gasteiger partial charge in [-0.1, -0.05) is 23.4 Å². The molecule has 0 atom stereocenters. The Morgan fingerprint density at radius 1 is 1.47 bits per heavy atom. The van der Waals surface area contributed by atoms with Crippen LogP contribution in [0.25, 0.3) is 0 Å². The third-order valence-corrected chi connectivity index (χ3v) is 3.57. The minimum Gasteiger partial charge on any atom is -0.373 e. The molecule has 0 spiro atoms. The van der Waals surface area contributed by atoms with E-state index in [0.29, 0.717) is 10.8 Å². The highest BCUT2D eigenvalue weighted by Gasteiger charge is 2.07. The minimum absolute atomic E-state index is 0.665. The number of nitrogens with one attached hydrogen (secondary N) is 1. The molecule has 0 bridgehead atoms. The summed E-state index contributed by atoms with van der Waals surface area (Å²) in [4.78, 5) is 4.40. The molecule has 0 aliphatic heterocycles. The number of anilines is 1. The van der Waals surface area contributed by atoms with Crippen LogP contribution < -0.4 is 5.32 Å². The van der Waals surface area contributed by atoms with Crippen LogP contribution in [0.3, 0.4) is 0 Å². The molecular formula is C10H12ClN5S. The molecule has 0 unspecified atom stereocenters. The van der Waals surface area contributed by atoms with Crippen molar-refractivity contribution in [1.82, 2.24) is 19.7 Å². The maximum absolute atomic E-state index is 6.09. The van der Waals surface area contributed by atoms with Gasteiger partial charge in [0.1, 0.15) is 12.1 Å². The van der Waals surface area contributed by atoms with Gasteiger partial charge in [0.2, 0.25) is 0 Å². The lowest BCUT2D eigenvalue weighted by atomic mass is 10.3. The number of aryl methyl sites for hydroxylation is 1. The molecule has 2 heterocycles. The second-order valence-electron chi connectivity index (χ2n) is 3.39. The molecule has 90 valence electrons. The Labute approximate surface area is 109 Å². The van der Waals surface area contributed by atoms with Gasteiger partial charge in [0.15, 0.2) is 5.16 Å². The Morgan fingerprint density at radius 2 is 2.29 bits per heavy atom. The molecule has 2 aromatic heterocycles. The number of nitrogens with zero attached hydrogens (tertiary/aromatic N) is 4. The maximum Gasteiger partial charge on any atom is 0.191 e. The molecule has 0 aliphatic carbocycles. The zero-order valence-corrected chi connectivity index (χ0v) is 11.1. The number of pyridine rings is 1. The highest BCUT2D eigenvalue weighted by Crippen LogP contribution is 2.24. The fourth-order valence-electron chi connectivity index (χ4n) is 1.26. The van der Waals surface area contributed by atoms with Gasteiger partial charge in [0.25, 0.3) is 0 Å². The summed E-state index contributed by atoms with van der Waals surface area (Å²) in [6.07, 6.45) is 1.67. The molecule has 1 N–H and O–H groups in total. The number of aromatic nitrogens is 4. The summed E-state index contributed by atoms with van der Waals surface area (Å²) in [5, 5.41) is 12.3. The summed E-state index contributed by atoms with van der Waals surface area (Å²) < 4.78 is 1.86. The minimum atomic E-state index is 0.665. The smallest absolute Gasteiger partial charge is 0.191 e. The van der Waals surface area contributed by atoms with E-state index in [1.807, 2.05) is 30.8 Å². The van der Waals surface area contributed by atoms with Crippen LogP contribution in [0.5, 0.6) is 0 Å². The second kappa shape index (κ2) is 5.37. The van der Waals surface area contributed by atoms with Crippen molar-refractivity contribution in [2.45, 2.75) is 10.9 Å². The van der Waals surface area contributed by atoms with Crippen LogP contribution in [0.15, 0.2) is 23.6 Å². The molecule has 0 fully saturated rings. The summed E-state index contributed by atoms with van der Waals surface area (Å²) in [6, 6.07) is 3.69. The van der Waals surface area contributed by atoms with E-state index in [0.717, 1.165) is 16.7 Å². The highest BCUT2D eigenvalue weighted by atomic mass is 35.5. The zero-order valence-electron chi connectivity index (χ0n) is 9.51. The number of hydrogen-bond acceptors (Lipinski definition) is 5. The first-order chi connectivity index (χ1) is 8.20. The van der Waals surface area contributed by atoms with Crippen LogP contribution in [0, 0.1) is 0 Å². The first-order valence-corrected chi connectivity index (χ1v) is 6.37. The van der Waals surface area contributed by atoms with Crippen molar-refractivity contribution in [3.63, 3.8) is 0 Å². The summed E-state index contributed by atoms with van der Waals surface area (Å²) >= 11 is 7.64. The van der Waals surface area contributed by atoms with Gasteiger partial charge in [-0.05, 0) is 12.1 Å². The number of hydrogen-bond donors (Lipinski definition) is 1. The molecule has 0 aliphatic rings. The molecule has 7 heteroatoms. The van der Waals surface area contributed by atoms with E-state index in [2.05, 4.69) is 20.5 Å². The van der Waals surface area contributed by atoms with Gasteiger partial charge < -0.3 is 9.88 Å². The molecule has 5 nitrogen and oxygen atoms in total. The molecule has 0 aromatic carbocycles. The van der Waals surface area contributed by atoms with E-state index in [1.54, 1.807) is 18.1 Å². The largest absolute Gasteiger partial charge is 0.373 e. The molecule has 0 saturated carbocycles. The summed E-state index contributed by atoms with van der Waals surface area (Å²) in [5.74, 6) is 1.48. The molecule has 0 radical (unpaired) electrons. The summed E-state index contributed by atoms with van der Waals surface area (Å²) in [7, 11) is 3.73. The number of rotatable bonds is 4. The predicted molar refractivity (Wildman–Crippen MR) is 69.4 cm³/mol. The molecule has 17 heavy (non-hydrogen) atoms. The number of thioether (sulfide) groups is 1. The third-order valence-electron chi connectivity index (χ3n) is 2.18. The van der Waals surface area contributed by atoms with Crippen molar-refractivity contribution in [1.29, 1.82) is 0 Å². The summed E-state index contributed by atoms with van der Waals surface area (Å²) in [6.45, 7) is 0. The molecule has 0 amide bonds. The third kappa shape index (κ3) is 2.89. The lowest BCUT2D eigenvalue weighted by molar-refractivity contribution is 0.788. The Balaban J connectivity index is 2.11. The average molecular weight is 270 g/mol. The van der Waals surface area contributed by atoms with Crippen LogP contribution in [-0.2, 0) is 12.8 Å². The van der Waals surface area contributed by atoms with E-state index < -0.39 is 0 Å². The monoisotopic (exact) mass is 269 g/mol. The molecule has 2 aromatic rings. The van der Waals surface area contributed by atoms with Gasteiger partial charge in [-0.15, -0.1) is 10.2 Å². The number of halogens is 1. The van der Waals surface area contributed by atoms with Gasteiger partial charge in [-0.3, -0.25) is 0 Å². The average Bonchev–Trinajstić information content (AvgIpc) is 2.74. The Morgan fingerprint density at radius 3 is 2.94 bits per heavy atom. The quantitative estimate of drug-likeness (QED) is 0.863. The van der Waals surface area contributed by atoms with Crippen LogP contribution in [0.2, 0.25) is 5.02 Å². The van der Waals surface area contributed by atoms with Gasteiger partial charge in [-0.2, -0.15) is 0 Å². The zero-order chi connectivity index (χ0) is 12.3. The predicted octanol–water partition coefficient (Wildman–Crippen LogP) is 2.20. The lowest BCUT2D eigenvalue weighted by Crippen LogP contribution is -1.97. The van der Waals surface area contributed by atoms with E-state index in [1.165, 1.54) is 0 Å². The molecule has 0 saturated heterocycles. The van der Waals surface area contributed by atoms with Gasteiger partial charge in [0, 0.05) is 19.8 Å². The topological polar surface area (TPSA) is 55.6 Å². The highest BCUT2D eigenvalue weighted by molar-refractivity contribution is 7.98. The standard InChI is InChI=1S/C10H12ClN5S/c1-12-9-4-3-7(11)8(14-9)5-17-10-15-13-6-16(10)2/h3-4,6H,5H2,1-2H3,(H,12,14). The maximum atomic E-state index is 6.09. The van der Waals surface area contributed by atoms with Crippen LogP contribution in [0.1, 0.15) is 5.69 Å². The van der Waals surface area contributed by atoms with E-state index >= 15 is 0 Å². The van der Waals surface area contributed by atoms with Crippen molar-refractivity contribution in [3.8, 4) is 0 Å². The van der Waals surface area contributed by atoms with E-state index in [4.69, 9.17) is 11.6 Å². The first kappa shape index (κ1) is 12.2. The van der Waals surface area contributed by atoms with Crippen molar-refractivity contribution < 1.29 is 0 Å². The first-order valence-electron chi connectivity index (χ1n) is 5.00. The van der Waals surface area contributed by atoms with E-state index in [-0.39, 0.29) is 0 Å². The van der Waals surface area contributed by atoms with Crippen LogP contribution >= 0.6 is 23.4 Å². The molecular weight excluding hydrogens is 258 g/mol. The van der Waals surface area contributed by atoms with Crippen LogP contribution in [0.4, 0.5) is 5.82 Å².